The molecular formula is C19H21N3O2S. The molecule has 1 aromatic heterocycles. The fourth-order valence-corrected chi connectivity index (χ4v) is 2.95. The van der Waals surface area contributed by atoms with E-state index in [0.29, 0.717) is 16.1 Å². The summed E-state index contributed by atoms with van der Waals surface area (Å²) < 4.78 is 0. The maximum absolute atomic E-state index is 12.1. The molecule has 0 radical (unpaired) electrons. The van der Waals surface area contributed by atoms with E-state index in [-0.39, 0.29) is 30.2 Å². The third-order valence-corrected chi connectivity index (χ3v) is 4.52. The summed E-state index contributed by atoms with van der Waals surface area (Å²) in [5.74, 6) is -0.440. The van der Waals surface area contributed by atoms with Crippen LogP contribution in [0.1, 0.15) is 48.7 Å². The number of nitriles is 1. The molecule has 2 N–H and O–H groups in total. The number of anilines is 1. The number of thiophene rings is 1. The zero-order valence-electron chi connectivity index (χ0n) is 14.6. The second-order valence-corrected chi connectivity index (χ2v) is 7.57. The van der Waals surface area contributed by atoms with Gasteiger partial charge in [-0.05, 0) is 34.6 Å². The molecule has 2 aromatic rings. The van der Waals surface area contributed by atoms with Crippen molar-refractivity contribution in [2.75, 3.05) is 11.9 Å². The summed E-state index contributed by atoms with van der Waals surface area (Å²) in [6.07, 6.45) is 0.147. The van der Waals surface area contributed by atoms with Gasteiger partial charge in [-0.3, -0.25) is 9.59 Å². The molecule has 2 amide bonds. The first-order valence-corrected chi connectivity index (χ1v) is 8.85. The molecule has 1 aromatic carbocycles. The van der Waals surface area contributed by atoms with Crippen molar-refractivity contribution in [1.82, 2.24) is 5.32 Å². The predicted molar refractivity (Wildman–Crippen MR) is 99.8 cm³/mol. The topological polar surface area (TPSA) is 82.0 Å². The normalized spacial score (nSPS) is 10.8. The first-order chi connectivity index (χ1) is 11.8. The molecule has 0 fully saturated rings. The smallest absolute Gasteiger partial charge is 0.251 e. The fourth-order valence-electron chi connectivity index (χ4n) is 2.20. The van der Waals surface area contributed by atoms with Crippen LogP contribution in [-0.2, 0) is 10.2 Å². The highest BCUT2D eigenvalue weighted by Gasteiger charge is 2.14. The molecule has 0 bridgehead atoms. The third kappa shape index (κ3) is 5.16. The molecule has 130 valence electrons. The standard InChI is InChI=1S/C19H21N3O2S/c1-19(2,3)15-6-4-13(5-7-15)17(24)21-10-8-16(23)22-18-14(12-20)9-11-25-18/h4-7,9,11H,8,10H2,1-3H3,(H,21,24)(H,22,23). The van der Waals surface area contributed by atoms with Crippen molar-refractivity contribution < 1.29 is 9.59 Å². The monoisotopic (exact) mass is 355 g/mol. The third-order valence-electron chi connectivity index (χ3n) is 3.69. The number of hydrogen-bond acceptors (Lipinski definition) is 4. The Morgan fingerprint density at radius 2 is 1.84 bits per heavy atom. The van der Waals surface area contributed by atoms with E-state index >= 15 is 0 Å². The van der Waals surface area contributed by atoms with Crippen LogP contribution in [0.25, 0.3) is 0 Å². The highest BCUT2D eigenvalue weighted by atomic mass is 32.1. The van der Waals surface area contributed by atoms with E-state index in [2.05, 4.69) is 31.4 Å². The van der Waals surface area contributed by atoms with Crippen LogP contribution in [0.2, 0.25) is 0 Å². The van der Waals surface area contributed by atoms with Gasteiger partial charge in [0, 0.05) is 18.5 Å². The Kier molecular flexibility index (Phi) is 5.94. The lowest BCUT2D eigenvalue weighted by Crippen LogP contribution is -2.27. The average Bonchev–Trinajstić information content (AvgIpc) is 3.01. The van der Waals surface area contributed by atoms with Gasteiger partial charge in [-0.25, -0.2) is 0 Å². The second-order valence-electron chi connectivity index (χ2n) is 6.66. The zero-order chi connectivity index (χ0) is 18.4. The van der Waals surface area contributed by atoms with Gasteiger partial charge in [-0.1, -0.05) is 32.9 Å². The van der Waals surface area contributed by atoms with E-state index in [1.807, 2.05) is 18.2 Å². The van der Waals surface area contributed by atoms with Crippen LogP contribution in [0.15, 0.2) is 35.7 Å². The van der Waals surface area contributed by atoms with Gasteiger partial charge in [-0.2, -0.15) is 5.26 Å². The number of rotatable bonds is 5. The molecule has 5 nitrogen and oxygen atoms in total. The number of carbonyl (C=O) groups excluding carboxylic acids is 2. The Balaban J connectivity index is 1.82. The van der Waals surface area contributed by atoms with E-state index < -0.39 is 0 Å². The van der Waals surface area contributed by atoms with Gasteiger partial charge >= 0.3 is 0 Å². The van der Waals surface area contributed by atoms with Gasteiger partial charge < -0.3 is 10.6 Å². The fraction of sp³-hybridized carbons (Fsp3) is 0.316. The van der Waals surface area contributed by atoms with Gasteiger partial charge in [0.1, 0.15) is 11.1 Å². The lowest BCUT2D eigenvalue weighted by molar-refractivity contribution is -0.116. The average molecular weight is 355 g/mol. The molecule has 0 saturated carbocycles. The summed E-state index contributed by atoms with van der Waals surface area (Å²) in [7, 11) is 0. The molecule has 0 unspecified atom stereocenters. The van der Waals surface area contributed by atoms with Crippen LogP contribution < -0.4 is 10.6 Å². The Morgan fingerprint density at radius 1 is 1.16 bits per heavy atom. The summed E-state index contributed by atoms with van der Waals surface area (Å²) in [5.41, 5.74) is 2.21. The molecular weight excluding hydrogens is 334 g/mol. The second kappa shape index (κ2) is 7.95. The molecule has 25 heavy (non-hydrogen) atoms. The zero-order valence-corrected chi connectivity index (χ0v) is 15.4. The van der Waals surface area contributed by atoms with Crippen molar-refractivity contribution in [2.45, 2.75) is 32.6 Å². The largest absolute Gasteiger partial charge is 0.352 e. The SMILES string of the molecule is CC(C)(C)c1ccc(C(=O)NCCC(=O)Nc2sccc2C#N)cc1. The number of benzene rings is 1. The molecule has 0 spiro atoms. The molecule has 0 aliphatic rings. The van der Waals surface area contributed by atoms with Gasteiger partial charge in [0.25, 0.3) is 5.91 Å². The Hall–Kier alpha value is -2.65. The van der Waals surface area contributed by atoms with Crippen molar-refractivity contribution in [1.29, 1.82) is 5.26 Å². The molecule has 0 aliphatic carbocycles. The quantitative estimate of drug-likeness (QED) is 0.858. The van der Waals surface area contributed by atoms with E-state index in [1.54, 1.807) is 23.6 Å². The Bertz CT molecular complexity index is 795. The van der Waals surface area contributed by atoms with Crippen molar-refractivity contribution in [2.24, 2.45) is 0 Å². The summed E-state index contributed by atoms with van der Waals surface area (Å²) in [5, 5.41) is 16.6. The molecule has 1 heterocycles. The van der Waals surface area contributed by atoms with Crippen LogP contribution in [0, 0.1) is 11.3 Å². The first-order valence-electron chi connectivity index (χ1n) is 7.97. The highest BCUT2D eigenvalue weighted by molar-refractivity contribution is 7.14. The molecule has 0 saturated heterocycles. The van der Waals surface area contributed by atoms with Gasteiger partial charge in [0.05, 0.1) is 5.56 Å². The number of amides is 2. The van der Waals surface area contributed by atoms with Crippen LogP contribution >= 0.6 is 11.3 Å². The van der Waals surface area contributed by atoms with Crippen LogP contribution in [0.5, 0.6) is 0 Å². The number of nitrogens with zero attached hydrogens (tertiary/aromatic N) is 1. The summed E-state index contributed by atoms with van der Waals surface area (Å²) >= 11 is 1.30. The van der Waals surface area contributed by atoms with E-state index in [1.165, 1.54) is 11.3 Å². The minimum atomic E-state index is -0.234. The lowest BCUT2D eigenvalue weighted by Gasteiger charge is -2.19. The number of hydrogen-bond donors (Lipinski definition) is 2. The Morgan fingerprint density at radius 3 is 2.44 bits per heavy atom. The minimum Gasteiger partial charge on any atom is -0.352 e. The molecule has 0 aliphatic heterocycles. The first kappa shape index (κ1) is 18.7. The van der Waals surface area contributed by atoms with Crippen molar-refractivity contribution in [3.8, 4) is 6.07 Å². The lowest BCUT2D eigenvalue weighted by atomic mass is 9.87. The van der Waals surface area contributed by atoms with Crippen molar-refractivity contribution in [3.05, 3.63) is 52.4 Å². The predicted octanol–water partition coefficient (Wildman–Crippen LogP) is 3.68. The molecule has 0 atom stereocenters. The summed E-state index contributed by atoms with van der Waals surface area (Å²) in [4.78, 5) is 24.0. The highest BCUT2D eigenvalue weighted by Crippen LogP contribution is 2.23. The molecule has 2 rings (SSSR count). The van der Waals surface area contributed by atoms with E-state index in [9.17, 15) is 9.59 Å². The molecule has 6 heteroatoms. The maximum Gasteiger partial charge on any atom is 0.251 e. The number of carbonyl (C=O) groups is 2. The van der Waals surface area contributed by atoms with Crippen LogP contribution in [0.4, 0.5) is 5.00 Å². The van der Waals surface area contributed by atoms with Crippen molar-refractivity contribution >= 4 is 28.2 Å². The van der Waals surface area contributed by atoms with E-state index in [0.717, 1.165) is 5.56 Å². The summed E-state index contributed by atoms with van der Waals surface area (Å²) in [6, 6.07) is 11.2. The maximum atomic E-state index is 12.1. The van der Waals surface area contributed by atoms with Gasteiger partial charge in [0.15, 0.2) is 0 Å². The van der Waals surface area contributed by atoms with Gasteiger partial charge in [0.2, 0.25) is 5.91 Å². The van der Waals surface area contributed by atoms with Crippen LogP contribution in [0.3, 0.4) is 0 Å². The van der Waals surface area contributed by atoms with Gasteiger partial charge in [-0.15, -0.1) is 11.3 Å². The van der Waals surface area contributed by atoms with Crippen molar-refractivity contribution in [3.63, 3.8) is 0 Å². The van der Waals surface area contributed by atoms with E-state index in [4.69, 9.17) is 5.26 Å². The number of nitrogens with one attached hydrogen (secondary N) is 2. The summed E-state index contributed by atoms with van der Waals surface area (Å²) in [6.45, 7) is 6.59. The van der Waals surface area contributed by atoms with Crippen LogP contribution in [-0.4, -0.2) is 18.4 Å². The minimum absolute atomic E-state index is 0.0389. The Labute approximate surface area is 151 Å².